The van der Waals surface area contributed by atoms with Gasteiger partial charge in [-0.15, -0.1) is 5.10 Å². The van der Waals surface area contributed by atoms with Gasteiger partial charge in [0.15, 0.2) is 17.1 Å². The number of rotatable bonds is 6. The van der Waals surface area contributed by atoms with E-state index in [0.717, 1.165) is 16.9 Å². The fourth-order valence-corrected chi connectivity index (χ4v) is 2.30. The van der Waals surface area contributed by atoms with Gasteiger partial charge in [-0.1, -0.05) is 0 Å². The molecule has 0 saturated heterocycles. The van der Waals surface area contributed by atoms with Gasteiger partial charge in [-0.2, -0.15) is 0 Å². The van der Waals surface area contributed by atoms with E-state index in [1.54, 1.807) is 28.9 Å². The number of phenolic OH excluding ortho intramolecular Hbond substituents is 1. The molecule has 0 unspecified atom stereocenters. The minimum atomic E-state index is 0.0874. The predicted molar refractivity (Wildman–Crippen MR) is 86.8 cm³/mol. The molecule has 0 aliphatic rings. The van der Waals surface area contributed by atoms with Crippen molar-refractivity contribution in [1.29, 1.82) is 0 Å². The molecule has 1 aromatic carbocycles. The van der Waals surface area contributed by atoms with Crippen molar-refractivity contribution in [3.63, 3.8) is 0 Å². The summed E-state index contributed by atoms with van der Waals surface area (Å²) in [6.45, 7) is 0.783. The van der Waals surface area contributed by atoms with Gasteiger partial charge in [0.1, 0.15) is 5.82 Å². The van der Waals surface area contributed by atoms with Crippen LogP contribution in [0.2, 0.25) is 0 Å². The van der Waals surface area contributed by atoms with Gasteiger partial charge in [0, 0.05) is 18.7 Å². The van der Waals surface area contributed by atoms with Crippen LogP contribution >= 0.6 is 0 Å². The summed E-state index contributed by atoms with van der Waals surface area (Å²) >= 11 is 0. The normalized spacial score (nSPS) is 10.9. The fourth-order valence-electron chi connectivity index (χ4n) is 2.30. The Morgan fingerprint density at radius 3 is 2.91 bits per heavy atom. The second-order valence-corrected chi connectivity index (χ2v) is 5.02. The lowest BCUT2D eigenvalue weighted by atomic mass is 10.1. The molecule has 3 rings (SSSR count). The number of nitrogens with one attached hydrogen (secondary N) is 1. The van der Waals surface area contributed by atoms with Crippen LogP contribution in [0, 0.1) is 0 Å². The lowest BCUT2D eigenvalue weighted by molar-refractivity contribution is 0.292. The van der Waals surface area contributed by atoms with Crippen LogP contribution in [0.25, 0.3) is 16.9 Å². The Kier molecular flexibility index (Phi) is 4.29. The van der Waals surface area contributed by atoms with Crippen molar-refractivity contribution in [2.24, 2.45) is 0 Å². The van der Waals surface area contributed by atoms with Crippen LogP contribution in [0.15, 0.2) is 36.5 Å². The third-order valence-corrected chi connectivity index (χ3v) is 3.48. The maximum atomic E-state index is 9.72. The number of ether oxygens (including phenoxy) is 1. The highest BCUT2D eigenvalue weighted by Crippen LogP contribution is 2.31. The van der Waals surface area contributed by atoms with E-state index in [1.807, 2.05) is 12.1 Å². The van der Waals surface area contributed by atoms with Crippen LogP contribution < -0.4 is 10.1 Å². The minimum absolute atomic E-state index is 0.0874. The molecule has 3 N–H and O–H groups in total. The molecular weight excluding hydrogens is 296 g/mol. The Morgan fingerprint density at radius 1 is 1.26 bits per heavy atom. The monoisotopic (exact) mass is 314 g/mol. The Hall–Kier alpha value is -2.80. The smallest absolute Gasteiger partial charge is 0.161 e. The van der Waals surface area contributed by atoms with Gasteiger partial charge >= 0.3 is 0 Å². The highest BCUT2D eigenvalue weighted by Gasteiger charge is 2.11. The predicted octanol–water partition coefficient (Wildman–Crippen LogP) is 1.90. The lowest BCUT2D eigenvalue weighted by Gasteiger charge is -2.08. The van der Waals surface area contributed by atoms with Crippen LogP contribution in [0.1, 0.15) is 6.42 Å². The molecule has 2 aromatic heterocycles. The highest BCUT2D eigenvalue weighted by molar-refractivity contribution is 5.66. The summed E-state index contributed by atoms with van der Waals surface area (Å²) < 4.78 is 6.88. The zero-order valence-corrected chi connectivity index (χ0v) is 12.7. The Balaban J connectivity index is 1.99. The van der Waals surface area contributed by atoms with Gasteiger partial charge in [-0.05, 0) is 36.8 Å². The third-order valence-electron chi connectivity index (χ3n) is 3.48. The standard InChI is InChI=1S/C16H18N4O3/c1-23-14-9-11(3-4-13(14)22)12-10-18-16-6-5-15(19-20(12)16)17-7-2-8-21/h3-6,9-10,21-22H,2,7-8H2,1H3,(H,17,19). The Morgan fingerprint density at radius 2 is 2.13 bits per heavy atom. The maximum absolute atomic E-state index is 9.72. The molecule has 0 spiro atoms. The first-order valence-corrected chi connectivity index (χ1v) is 7.30. The van der Waals surface area contributed by atoms with Crippen molar-refractivity contribution < 1.29 is 14.9 Å². The van der Waals surface area contributed by atoms with Crippen LogP contribution in [0.4, 0.5) is 5.82 Å². The van der Waals surface area contributed by atoms with E-state index < -0.39 is 0 Å². The molecule has 0 saturated carbocycles. The van der Waals surface area contributed by atoms with Gasteiger partial charge in [-0.3, -0.25) is 0 Å². The number of phenols is 1. The molecule has 0 atom stereocenters. The molecule has 3 aromatic rings. The van der Waals surface area contributed by atoms with Crippen molar-refractivity contribution >= 4 is 11.5 Å². The number of nitrogens with zero attached hydrogens (tertiary/aromatic N) is 3. The van der Waals surface area contributed by atoms with E-state index in [4.69, 9.17) is 9.84 Å². The number of hydrogen-bond donors (Lipinski definition) is 3. The Labute approximate surface area is 133 Å². The number of imidazole rings is 1. The molecule has 0 bridgehead atoms. The SMILES string of the molecule is COc1cc(-c2cnc3ccc(NCCCO)nn23)ccc1O. The van der Waals surface area contributed by atoms with Crippen molar-refractivity contribution in [2.45, 2.75) is 6.42 Å². The number of benzene rings is 1. The molecule has 7 heteroatoms. The second-order valence-electron chi connectivity index (χ2n) is 5.02. The first kappa shape index (κ1) is 15.1. The van der Waals surface area contributed by atoms with E-state index in [-0.39, 0.29) is 12.4 Å². The first-order valence-electron chi connectivity index (χ1n) is 7.30. The van der Waals surface area contributed by atoms with Crippen molar-refractivity contribution in [2.75, 3.05) is 25.6 Å². The minimum Gasteiger partial charge on any atom is -0.504 e. The largest absolute Gasteiger partial charge is 0.504 e. The highest BCUT2D eigenvalue weighted by atomic mass is 16.5. The molecule has 0 fully saturated rings. The summed E-state index contributed by atoms with van der Waals surface area (Å²) in [7, 11) is 1.51. The summed E-state index contributed by atoms with van der Waals surface area (Å²) in [6.07, 6.45) is 2.39. The number of anilines is 1. The first-order chi connectivity index (χ1) is 11.2. The van der Waals surface area contributed by atoms with Gasteiger partial charge in [0.05, 0.1) is 19.0 Å². The molecule has 2 heterocycles. The summed E-state index contributed by atoms with van der Waals surface area (Å²) in [5, 5.41) is 26.2. The van der Waals surface area contributed by atoms with Crippen molar-refractivity contribution in [3.05, 3.63) is 36.5 Å². The number of hydrogen-bond acceptors (Lipinski definition) is 6. The zero-order valence-electron chi connectivity index (χ0n) is 12.7. The van der Waals surface area contributed by atoms with Crippen LogP contribution in [-0.4, -0.2) is 45.1 Å². The molecule has 0 aliphatic heterocycles. The topological polar surface area (TPSA) is 91.9 Å². The van der Waals surface area contributed by atoms with E-state index >= 15 is 0 Å². The van der Waals surface area contributed by atoms with Gasteiger partial charge in [-0.25, -0.2) is 9.50 Å². The van der Waals surface area contributed by atoms with Crippen LogP contribution in [0.5, 0.6) is 11.5 Å². The molecular formula is C16H18N4O3. The number of methoxy groups -OCH3 is 1. The number of aliphatic hydroxyl groups excluding tert-OH is 1. The van der Waals surface area contributed by atoms with Crippen molar-refractivity contribution in [1.82, 2.24) is 14.6 Å². The third kappa shape index (κ3) is 3.04. The van der Waals surface area contributed by atoms with Crippen LogP contribution in [-0.2, 0) is 0 Å². The Bertz CT molecular complexity index is 816. The number of aliphatic hydroxyl groups is 1. The molecule has 23 heavy (non-hydrogen) atoms. The van der Waals surface area contributed by atoms with E-state index in [9.17, 15) is 5.11 Å². The van der Waals surface area contributed by atoms with Gasteiger partial charge < -0.3 is 20.3 Å². The molecule has 0 radical (unpaired) electrons. The van der Waals surface area contributed by atoms with E-state index in [0.29, 0.717) is 24.5 Å². The quantitative estimate of drug-likeness (QED) is 0.602. The summed E-state index contributed by atoms with van der Waals surface area (Å²) in [5.41, 5.74) is 2.36. The van der Waals surface area contributed by atoms with Gasteiger partial charge in [0.25, 0.3) is 0 Å². The van der Waals surface area contributed by atoms with E-state index in [2.05, 4.69) is 15.4 Å². The molecule has 0 amide bonds. The average Bonchev–Trinajstić information content (AvgIpc) is 2.99. The number of aromatic hydroxyl groups is 1. The number of fused-ring (bicyclic) bond motifs is 1. The summed E-state index contributed by atoms with van der Waals surface area (Å²) in [6, 6.07) is 8.83. The molecule has 7 nitrogen and oxygen atoms in total. The van der Waals surface area contributed by atoms with E-state index in [1.165, 1.54) is 7.11 Å². The zero-order chi connectivity index (χ0) is 16.2. The molecule has 120 valence electrons. The lowest BCUT2D eigenvalue weighted by Crippen LogP contribution is -2.07. The second kappa shape index (κ2) is 6.53. The maximum Gasteiger partial charge on any atom is 0.161 e. The van der Waals surface area contributed by atoms with Gasteiger partial charge in [0.2, 0.25) is 0 Å². The number of aromatic nitrogens is 3. The van der Waals surface area contributed by atoms with Crippen molar-refractivity contribution in [3.8, 4) is 22.8 Å². The fraction of sp³-hybridized carbons (Fsp3) is 0.250. The summed E-state index contributed by atoms with van der Waals surface area (Å²) in [4.78, 5) is 4.34. The van der Waals surface area contributed by atoms with Crippen LogP contribution in [0.3, 0.4) is 0 Å². The summed E-state index contributed by atoms with van der Waals surface area (Å²) in [5.74, 6) is 1.19. The molecule has 0 aliphatic carbocycles. The average molecular weight is 314 g/mol.